The molecule has 0 aliphatic heterocycles. The number of aromatic nitrogens is 4. The van der Waals surface area contributed by atoms with Gasteiger partial charge in [-0.15, -0.1) is 5.10 Å². The first-order valence-electron chi connectivity index (χ1n) is 9.66. The lowest BCUT2D eigenvalue weighted by Gasteiger charge is -2.24. The molecule has 0 saturated carbocycles. The number of hydrogen-bond donors (Lipinski definition) is 1. The summed E-state index contributed by atoms with van der Waals surface area (Å²) < 4.78 is 7.60. The van der Waals surface area contributed by atoms with Crippen LogP contribution in [0, 0.1) is 5.41 Å². The molecule has 0 fully saturated rings. The second kappa shape index (κ2) is 9.43. The molecule has 7 heteroatoms. The molecule has 1 N–H and O–H groups in total. The second-order valence-electron chi connectivity index (χ2n) is 7.96. The van der Waals surface area contributed by atoms with E-state index in [1.807, 2.05) is 81.4 Å². The van der Waals surface area contributed by atoms with Gasteiger partial charge in [-0.25, -0.2) is 4.68 Å². The van der Waals surface area contributed by atoms with Gasteiger partial charge in [0.15, 0.2) is 5.82 Å². The summed E-state index contributed by atoms with van der Waals surface area (Å²) in [7, 11) is 0. The Labute approximate surface area is 171 Å². The maximum atomic E-state index is 12.6. The van der Waals surface area contributed by atoms with Gasteiger partial charge in [-0.1, -0.05) is 81.4 Å². The number of amides is 1. The predicted octanol–water partition coefficient (Wildman–Crippen LogP) is 3.14. The third-order valence-corrected chi connectivity index (χ3v) is 4.43. The summed E-state index contributed by atoms with van der Waals surface area (Å²) in [6.07, 6.45) is 0. The number of hydrogen-bond acceptors (Lipinski definition) is 5. The summed E-state index contributed by atoms with van der Waals surface area (Å²) in [5.74, 6) is 0.486. The zero-order chi connectivity index (χ0) is 20.7. The molecule has 3 aromatic rings. The molecule has 152 valence electrons. The molecule has 0 spiro atoms. The van der Waals surface area contributed by atoms with Gasteiger partial charge in [-0.05, 0) is 21.6 Å². The fourth-order valence-electron chi connectivity index (χ4n) is 2.75. The molecule has 0 aliphatic rings. The summed E-state index contributed by atoms with van der Waals surface area (Å²) in [4.78, 5) is 12.6. The molecule has 0 unspecified atom stereocenters. The Balaban J connectivity index is 1.75. The molecule has 1 atom stereocenters. The summed E-state index contributed by atoms with van der Waals surface area (Å²) in [6, 6.07) is 19.4. The van der Waals surface area contributed by atoms with Crippen molar-refractivity contribution >= 4 is 5.91 Å². The number of carbonyl (C=O) groups is 1. The monoisotopic (exact) mass is 393 g/mol. The van der Waals surface area contributed by atoms with Crippen LogP contribution in [0.2, 0.25) is 0 Å². The molecule has 0 saturated heterocycles. The minimum Gasteiger partial charge on any atom is -0.374 e. The number of rotatable bonds is 8. The highest BCUT2D eigenvalue weighted by atomic mass is 16.5. The third-order valence-electron chi connectivity index (χ3n) is 4.43. The first-order chi connectivity index (χ1) is 13.9. The van der Waals surface area contributed by atoms with Gasteiger partial charge in [-0.3, -0.25) is 4.79 Å². The second-order valence-corrected chi connectivity index (χ2v) is 7.96. The van der Waals surface area contributed by atoms with Crippen LogP contribution in [0.15, 0.2) is 60.7 Å². The smallest absolute Gasteiger partial charge is 0.226 e. The number of benzene rings is 2. The number of nitrogens with zero attached hydrogens (tertiary/aromatic N) is 4. The molecule has 1 amide bonds. The summed E-state index contributed by atoms with van der Waals surface area (Å²) in [6.45, 7) is 6.85. The van der Waals surface area contributed by atoms with Gasteiger partial charge < -0.3 is 10.1 Å². The van der Waals surface area contributed by atoms with Crippen molar-refractivity contribution in [3.8, 4) is 0 Å². The highest BCUT2D eigenvalue weighted by molar-refractivity contribution is 5.81. The Kier molecular flexibility index (Phi) is 6.72. The zero-order valence-electron chi connectivity index (χ0n) is 17.1. The normalized spacial score (nSPS) is 12.5. The first-order valence-corrected chi connectivity index (χ1v) is 9.66. The van der Waals surface area contributed by atoms with Crippen LogP contribution in [-0.4, -0.2) is 32.7 Å². The Hall–Kier alpha value is -3.06. The Morgan fingerprint density at radius 3 is 2.28 bits per heavy atom. The molecule has 1 heterocycles. The van der Waals surface area contributed by atoms with E-state index in [1.165, 1.54) is 0 Å². The molecule has 1 aromatic heterocycles. The van der Waals surface area contributed by atoms with E-state index in [2.05, 4.69) is 20.8 Å². The largest absolute Gasteiger partial charge is 0.374 e. The minimum atomic E-state index is -0.532. The fourth-order valence-corrected chi connectivity index (χ4v) is 2.75. The number of nitrogens with one attached hydrogen (secondary N) is 1. The van der Waals surface area contributed by atoms with E-state index in [9.17, 15) is 4.79 Å². The number of ether oxygens (including phenoxy) is 1. The Bertz CT molecular complexity index is 904. The van der Waals surface area contributed by atoms with Crippen LogP contribution in [0.25, 0.3) is 0 Å². The maximum Gasteiger partial charge on any atom is 0.226 e. The lowest BCUT2D eigenvalue weighted by molar-refractivity contribution is -0.130. The van der Waals surface area contributed by atoms with Crippen LogP contribution in [0.3, 0.4) is 0 Å². The van der Waals surface area contributed by atoms with Crippen molar-refractivity contribution in [1.82, 2.24) is 25.5 Å². The van der Waals surface area contributed by atoms with Crippen molar-refractivity contribution in [2.24, 2.45) is 5.41 Å². The van der Waals surface area contributed by atoms with Gasteiger partial charge >= 0.3 is 0 Å². The SMILES string of the molecule is CC(C)(C)C(=O)N[C@H](COCc1ccccc1)c1nnnn1Cc1ccccc1. The zero-order valence-corrected chi connectivity index (χ0v) is 17.1. The minimum absolute atomic E-state index is 0.0833. The average molecular weight is 393 g/mol. The van der Waals surface area contributed by atoms with Gasteiger partial charge in [0.2, 0.25) is 5.91 Å². The lowest BCUT2D eigenvalue weighted by atomic mass is 9.95. The van der Waals surface area contributed by atoms with Crippen LogP contribution in [-0.2, 0) is 22.7 Å². The van der Waals surface area contributed by atoms with Gasteiger partial charge in [0.1, 0.15) is 6.04 Å². The van der Waals surface area contributed by atoms with Crippen LogP contribution in [0.5, 0.6) is 0 Å². The first kappa shape index (κ1) is 20.7. The molecule has 3 rings (SSSR count). The van der Waals surface area contributed by atoms with E-state index in [0.29, 0.717) is 19.0 Å². The predicted molar refractivity (Wildman–Crippen MR) is 110 cm³/mol. The highest BCUT2D eigenvalue weighted by Gasteiger charge is 2.28. The molecule has 29 heavy (non-hydrogen) atoms. The van der Waals surface area contributed by atoms with E-state index in [0.717, 1.165) is 11.1 Å². The van der Waals surface area contributed by atoms with Gasteiger partial charge in [0.25, 0.3) is 0 Å². The van der Waals surface area contributed by atoms with Crippen LogP contribution < -0.4 is 5.32 Å². The van der Waals surface area contributed by atoms with Gasteiger partial charge in [0, 0.05) is 5.41 Å². The topological polar surface area (TPSA) is 81.9 Å². The van der Waals surface area contributed by atoms with Gasteiger partial charge in [-0.2, -0.15) is 0 Å². The van der Waals surface area contributed by atoms with Crippen molar-refractivity contribution in [2.45, 2.75) is 40.0 Å². The molecule has 7 nitrogen and oxygen atoms in total. The van der Waals surface area contributed by atoms with Crippen molar-refractivity contribution in [1.29, 1.82) is 0 Å². The van der Waals surface area contributed by atoms with Crippen LogP contribution in [0.1, 0.15) is 43.8 Å². The summed E-state index contributed by atoms with van der Waals surface area (Å²) in [5, 5.41) is 15.2. The standard InChI is InChI=1S/C22H27N5O2/c1-22(2,3)21(28)23-19(16-29-15-18-12-8-5-9-13-18)20-24-25-26-27(20)14-17-10-6-4-7-11-17/h4-13,19H,14-16H2,1-3H3,(H,23,28)/t19-/m1/s1. The Morgan fingerprint density at radius 2 is 1.66 bits per heavy atom. The fraction of sp³-hybridized carbons (Fsp3) is 0.364. The van der Waals surface area contributed by atoms with Crippen molar-refractivity contribution in [3.63, 3.8) is 0 Å². The van der Waals surface area contributed by atoms with Crippen molar-refractivity contribution in [2.75, 3.05) is 6.61 Å². The average Bonchev–Trinajstić information content (AvgIpc) is 3.16. The van der Waals surface area contributed by atoms with E-state index >= 15 is 0 Å². The molecular formula is C22H27N5O2. The molecular weight excluding hydrogens is 366 g/mol. The van der Waals surface area contributed by atoms with Crippen molar-refractivity contribution in [3.05, 3.63) is 77.6 Å². The highest BCUT2D eigenvalue weighted by Crippen LogP contribution is 2.18. The van der Waals surface area contributed by atoms with E-state index in [4.69, 9.17) is 4.74 Å². The molecule has 2 aromatic carbocycles. The van der Waals surface area contributed by atoms with Gasteiger partial charge in [0.05, 0.1) is 19.8 Å². The quantitative estimate of drug-likeness (QED) is 0.636. The van der Waals surface area contributed by atoms with Crippen molar-refractivity contribution < 1.29 is 9.53 Å². The van der Waals surface area contributed by atoms with E-state index in [1.54, 1.807) is 4.68 Å². The molecule has 0 bridgehead atoms. The third kappa shape index (κ3) is 5.96. The Morgan fingerprint density at radius 1 is 1.03 bits per heavy atom. The molecule has 0 radical (unpaired) electrons. The maximum absolute atomic E-state index is 12.6. The van der Waals surface area contributed by atoms with E-state index < -0.39 is 11.5 Å². The summed E-state index contributed by atoms with van der Waals surface area (Å²) >= 11 is 0. The lowest BCUT2D eigenvalue weighted by Crippen LogP contribution is -2.40. The van der Waals surface area contributed by atoms with Crippen LogP contribution in [0.4, 0.5) is 0 Å². The molecule has 0 aliphatic carbocycles. The number of tetrazole rings is 1. The summed E-state index contributed by atoms with van der Waals surface area (Å²) in [5.41, 5.74) is 1.61. The number of carbonyl (C=O) groups excluding carboxylic acids is 1. The van der Waals surface area contributed by atoms with E-state index in [-0.39, 0.29) is 12.5 Å². The van der Waals surface area contributed by atoms with Crippen LogP contribution >= 0.6 is 0 Å².